The van der Waals surface area contributed by atoms with E-state index in [1.165, 1.54) is 11.1 Å². The second kappa shape index (κ2) is 5.43. The zero-order valence-corrected chi connectivity index (χ0v) is 9.76. The van der Waals surface area contributed by atoms with Crippen LogP contribution in [-0.2, 0) is 12.8 Å². The van der Waals surface area contributed by atoms with Gasteiger partial charge in [0.2, 0.25) is 0 Å². The minimum atomic E-state index is 0.903. The Morgan fingerprint density at radius 2 is 2.07 bits per heavy atom. The first-order valence-electron chi connectivity index (χ1n) is 5.33. The predicted octanol–water partition coefficient (Wildman–Crippen LogP) is 3.62. The summed E-state index contributed by atoms with van der Waals surface area (Å²) in [6.45, 7) is 7.96. The molecule has 0 fully saturated rings. The summed E-state index contributed by atoms with van der Waals surface area (Å²) in [7, 11) is 1.70. The lowest BCUT2D eigenvalue weighted by atomic mass is 9.96. The molecule has 0 aliphatic heterocycles. The van der Waals surface area contributed by atoms with E-state index in [9.17, 15) is 0 Å². The minimum Gasteiger partial charge on any atom is -0.496 e. The number of rotatable bonds is 4. The average molecular weight is 202 g/mol. The highest BCUT2D eigenvalue weighted by Gasteiger charge is 2.08. The van der Waals surface area contributed by atoms with E-state index in [0.29, 0.717) is 0 Å². The molecule has 0 aliphatic rings. The summed E-state index contributed by atoms with van der Waals surface area (Å²) < 4.78 is 5.34. The maximum Gasteiger partial charge on any atom is 0.126 e. The van der Waals surface area contributed by atoms with Crippen LogP contribution in [0, 0.1) is 0 Å². The average Bonchev–Trinajstić information content (AvgIpc) is 2.28. The van der Waals surface area contributed by atoms with Crippen molar-refractivity contribution in [2.24, 2.45) is 0 Å². The second-order valence-corrected chi connectivity index (χ2v) is 3.37. The first kappa shape index (κ1) is 11.6. The highest BCUT2D eigenvalue weighted by molar-refractivity contribution is 5.62. The molecule has 1 heteroatoms. The topological polar surface area (TPSA) is 9.23 Å². The van der Waals surface area contributed by atoms with Crippen LogP contribution in [0.4, 0.5) is 0 Å². The van der Waals surface area contributed by atoms with Gasteiger partial charge >= 0.3 is 0 Å². The van der Waals surface area contributed by atoms with E-state index in [2.05, 4.69) is 32.2 Å². The van der Waals surface area contributed by atoms with Crippen LogP contribution in [-0.4, -0.2) is 7.11 Å². The molecule has 0 N–H and O–H groups in total. The Bertz CT molecular complexity index is 385. The van der Waals surface area contributed by atoms with Crippen LogP contribution >= 0.6 is 0 Å². The number of benzene rings is 1. The van der Waals surface area contributed by atoms with Gasteiger partial charge in [-0.05, 0) is 36.1 Å². The molecule has 1 rings (SSSR count). The van der Waals surface area contributed by atoms with Crippen molar-refractivity contribution in [3.63, 3.8) is 0 Å². The Hall–Kier alpha value is -1.46. The van der Waals surface area contributed by atoms with E-state index in [-0.39, 0.29) is 0 Å². The summed E-state index contributed by atoms with van der Waals surface area (Å²) >= 11 is 0. The Kier molecular flexibility index (Phi) is 4.20. The van der Waals surface area contributed by atoms with Crippen LogP contribution < -0.4 is 4.74 Å². The summed E-state index contributed by atoms with van der Waals surface area (Å²) in [5.41, 5.74) is 6.67. The first-order valence-corrected chi connectivity index (χ1v) is 5.33. The molecule has 0 unspecified atom stereocenters. The van der Waals surface area contributed by atoms with Gasteiger partial charge in [-0.2, -0.15) is 0 Å². The van der Waals surface area contributed by atoms with Crippen molar-refractivity contribution >= 4 is 6.08 Å². The lowest BCUT2D eigenvalue weighted by molar-refractivity contribution is 0.413. The zero-order valence-electron chi connectivity index (χ0n) is 9.76. The molecular weight excluding hydrogens is 184 g/mol. The van der Waals surface area contributed by atoms with Gasteiger partial charge in [-0.1, -0.05) is 26.5 Å². The normalized spacial score (nSPS) is 9.53. The summed E-state index contributed by atoms with van der Waals surface area (Å²) in [5, 5.41) is 0. The molecule has 80 valence electrons. The molecule has 0 bridgehead atoms. The monoisotopic (exact) mass is 202 g/mol. The molecule has 0 saturated carbocycles. The standard InChI is InChI=1S/C14H18O/c1-5-8-13-12(7-3)11(6-2)9-10-14(13)15-4/h8-10H,1,6-7H2,2-4H3. The maximum atomic E-state index is 5.34. The van der Waals surface area contributed by atoms with Crippen LogP contribution in [0.1, 0.15) is 30.5 Å². The van der Waals surface area contributed by atoms with Crippen molar-refractivity contribution in [1.29, 1.82) is 0 Å². The highest BCUT2D eigenvalue weighted by Crippen LogP contribution is 2.27. The van der Waals surface area contributed by atoms with Gasteiger partial charge in [0.15, 0.2) is 0 Å². The molecule has 0 heterocycles. The molecule has 1 aromatic rings. The van der Waals surface area contributed by atoms with E-state index in [1.54, 1.807) is 7.11 Å². The third-order valence-electron chi connectivity index (χ3n) is 2.61. The van der Waals surface area contributed by atoms with Crippen molar-refractivity contribution in [2.45, 2.75) is 26.7 Å². The third kappa shape index (κ3) is 2.31. The fourth-order valence-corrected chi connectivity index (χ4v) is 1.88. The molecule has 0 spiro atoms. The van der Waals surface area contributed by atoms with Crippen molar-refractivity contribution in [3.05, 3.63) is 41.1 Å². The van der Waals surface area contributed by atoms with Crippen molar-refractivity contribution in [1.82, 2.24) is 0 Å². The first-order chi connectivity index (χ1) is 7.28. The summed E-state index contributed by atoms with van der Waals surface area (Å²) in [5.74, 6) is 0.903. The summed E-state index contributed by atoms with van der Waals surface area (Å²) in [6.07, 6.45) is 3.95. The number of hydrogen-bond acceptors (Lipinski definition) is 1. The summed E-state index contributed by atoms with van der Waals surface area (Å²) in [6, 6.07) is 4.15. The molecule has 0 radical (unpaired) electrons. The number of methoxy groups -OCH3 is 1. The van der Waals surface area contributed by atoms with Crippen molar-refractivity contribution in [3.8, 4) is 5.75 Å². The van der Waals surface area contributed by atoms with Crippen LogP contribution in [0.15, 0.2) is 24.4 Å². The van der Waals surface area contributed by atoms with E-state index in [4.69, 9.17) is 4.74 Å². The molecule has 1 nitrogen and oxygen atoms in total. The largest absolute Gasteiger partial charge is 0.496 e. The Labute approximate surface area is 92.1 Å². The quantitative estimate of drug-likeness (QED) is 0.678. The molecular formula is C14H18O. The van der Waals surface area contributed by atoms with Gasteiger partial charge < -0.3 is 4.74 Å². The van der Waals surface area contributed by atoms with Crippen LogP contribution in [0.2, 0.25) is 0 Å². The molecule has 15 heavy (non-hydrogen) atoms. The second-order valence-electron chi connectivity index (χ2n) is 3.37. The third-order valence-corrected chi connectivity index (χ3v) is 2.61. The van der Waals surface area contributed by atoms with Gasteiger partial charge in [0.1, 0.15) is 5.75 Å². The number of ether oxygens (including phenoxy) is 1. The Morgan fingerprint density at radius 3 is 2.53 bits per heavy atom. The fourth-order valence-electron chi connectivity index (χ4n) is 1.88. The lowest BCUT2D eigenvalue weighted by Gasteiger charge is -2.13. The van der Waals surface area contributed by atoms with Crippen molar-refractivity contribution < 1.29 is 4.74 Å². The van der Waals surface area contributed by atoms with Gasteiger partial charge in [-0.3, -0.25) is 0 Å². The fraction of sp³-hybridized carbons (Fsp3) is 0.357. The van der Waals surface area contributed by atoms with E-state index in [1.807, 2.05) is 12.1 Å². The van der Waals surface area contributed by atoms with E-state index in [0.717, 1.165) is 24.2 Å². The minimum absolute atomic E-state index is 0.903. The molecule has 0 saturated heterocycles. The number of hydrogen-bond donors (Lipinski definition) is 0. The van der Waals surface area contributed by atoms with Crippen LogP contribution in [0.3, 0.4) is 0 Å². The Balaban J connectivity index is 3.43. The Morgan fingerprint density at radius 1 is 1.33 bits per heavy atom. The van der Waals surface area contributed by atoms with E-state index >= 15 is 0 Å². The predicted molar refractivity (Wildman–Crippen MR) is 65.4 cm³/mol. The molecule has 0 aliphatic carbocycles. The maximum absolute atomic E-state index is 5.34. The lowest BCUT2D eigenvalue weighted by Crippen LogP contribution is -1.98. The van der Waals surface area contributed by atoms with Crippen LogP contribution in [0.5, 0.6) is 5.75 Å². The van der Waals surface area contributed by atoms with E-state index < -0.39 is 0 Å². The van der Waals surface area contributed by atoms with Crippen molar-refractivity contribution in [2.75, 3.05) is 7.11 Å². The van der Waals surface area contributed by atoms with Gasteiger partial charge in [0.25, 0.3) is 0 Å². The smallest absolute Gasteiger partial charge is 0.126 e. The number of aryl methyl sites for hydroxylation is 1. The van der Waals surface area contributed by atoms with Gasteiger partial charge in [0, 0.05) is 5.56 Å². The van der Waals surface area contributed by atoms with Gasteiger partial charge in [-0.15, -0.1) is 5.73 Å². The summed E-state index contributed by atoms with van der Waals surface area (Å²) in [4.78, 5) is 0. The highest BCUT2D eigenvalue weighted by atomic mass is 16.5. The molecule has 0 amide bonds. The SMILES string of the molecule is C=C=Cc1c(OC)ccc(CC)c1CC. The van der Waals surface area contributed by atoms with Gasteiger partial charge in [-0.25, -0.2) is 0 Å². The molecule has 0 aromatic heterocycles. The zero-order chi connectivity index (χ0) is 11.3. The molecule has 0 atom stereocenters. The molecule has 1 aromatic carbocycles. The van der Waals surface area contributed by atoms with Gasteiger partial charge in [0.05, 0.1) is 7.11 Å². The van der Waals surface area contributed by atoms with Crippen LogP contribution in [0.25, 0.3) is 6.08 Å².